The number of hydrogen-bond acceptors (Lipinski definition) is 5. The summed E-state index contributed by atoms with van der Waals surface area (Å²) in [6.45, 7) is -1.23. The van der Waals surface area contributed by atoms with Gasteiger partial charge < -0.3 is 20.4 Å². The molecule has 0 aromatic heterocycles. The number of rotatable bonds is 9. The smallest absolute Gasteiger partial charge is 0.319 e. The van der Waals surface area contributed by atoms with Crippen LogP contribution in [0.3, 0.4) is 0 Å². The summed E-state index contributed by atoms with van der Waals surface area (Å²) in [7, 11) is 2.97. The van der Waals surface area contributed by atoms with Gasteiger partial charge in [0.2, 0.25) is 0 Å². The number of aliphatic carboxylic acids is 4. The Morgan fingerprint density at radius 2 is 1.30 bits per heavy atom. The molecule has 10 nitrogen and oxygen atoms in total. The first-order chi connectivity index (χ1) is 9.18. The third-order valence-corrected chi connectivity index (χ3v) is 1.61. The van der Waals surface area contributed by atoms with Gasteiger partial charge in [0.1, 0.15) is 6.54 Å². The number of nitrogens with zero attached hydrogens (tertiary/aromatic N) is 2. The van der Waals surface area contributed by atoms with Gasteiger partial charge in [0, 0.05) is 13.6 Å². The molecule has 0 heterocycles. The van der Waals surface area contributed by atoms with Crippen molar-refractivity contribution >= 4 is 23.9 Å². The molecule has 0 atom stereocenters. The van der Waals surface area contributed by atoms with Crippen LogP contribution < -0.4 is 5.32 Å². The van der Waals surface area contributed by atoms with E-state index in [0.717, 1.165) is 4.90 Å². The average molecular weight is 292 g/mol. The van der Waals surface area contributed by atoms with Crippen molar-refractivity contribution < 1.29 is 39.6 Å². The highest BCUT2D eigenvalue weighted by molar-refractivity contribution is 5.73. The Morgan fingerprint density at radius 1 is 0.850 bits per heavy atom. The van der Waals surface area contributed by atoms with E-state index in [9.17, 15) is 19.2 Å². The summed E-state index contributed by atoms with van der Waals surface area (Å²) in [6, 6.07) is 0. The van der Waals surface area contributed by atoms with Crippen molar-refractivity contribution in [3.8, 4) is 0 Å². The Bertz CT molecular complexity index is 328. The maximum absolute atomic E-state index is 10.3. The number of carbonyl (C=O) groups is 4. The lowest BCUT2D eigenvalue weighted by Crippen LogP contribution is -2.35. The van der Waals surface area contributed by atoms with Gasteiger partial charge in [0.15, 0.2) is 0 Å². The largest absolute Gasteiger partial charge is 0.481 e. The molecule has 10 heteroatoms. The summed E-state index contributed by atoms with van der Waals surface area (Å²) in [5.74, 6) is -4.40. The van der Waals surface area contributed by atoms with Crippen LogP contribution in [-0.2, 0) is 19.2 Å². The van der Waals surface area contributed by atoms with Crippen molar-refractivity contribution in [1.82, 2.24) is 10.2 Å². The van der Waals surface area contributed by atoms with E-state index >= 15 is 0 Å². The number of hydrogen-bond donors (Lipinski definition) is 4. The molecule has 114 valence electrons. The van der Waals surface area contributed by atoms with Gasteiger partial charge in [-0.3, -0.25) is 24.1 Å². The zero-order chi connectivity index (χ0) is 16.1. The summed E-state index contributed by atoms with van der Waals surface area (Å²) in [5.41, 5.74) is 0. The molecule has 0 amide bonds. The zero-order valence-corrected chi connectivity index (χ0v) is 10.6. The molecule has 0 aliphatic carbocycles. The van der Waals surface area contributed by atoms with Gasteiger partial charge in [0.25, 0.3) is 0 Å². The van der Waals surface area contributed by atoms with Crippen LogP contribution in [-0.4, -0.2) is 75.4 Å². The SMILES string of the molecule is O=C(O)CCN(CC(=O)O)CC(=O)O.[CH2][N]CC(=O)O. The quantitative estimate of drug-likeness (QED) is 0.391. The minimum absolute atomic E-state index is 0.0894. The molecule has 0 rings (SSSR count). The fourth-order valence-corrected chi connectivity index (χ4v) is 0.946. The first kappa shape index (κ1) is 20.1. The zero-order valence-electron chi connectivity index (χ0n) is 10.6. The van der Waals surface area contributed by atoms with E-state index in [1.54, 1.807) is 0 Å². The number of carboxylic acids is 4. The van der Waals surface area contributed by atoms with Crippen LogP contribution in [0.25, 0.3) is 0 Å². The second-order valence-electron chi connectivity index (χ2n) is 3.42. The number of carboxylic acid groups (broad SMARTS) is 4. The summed E-state index contributed by atoms with van der Waals surface area (Å²) in [4.78, 5) is 41.2. The highest BCUT2D eigenvalue weighted by Gasteiger charge is 2.14. The van der Waals surface area contributed by atoms with Gasteiger partial charge in [-0.05, 0) is 0 Å². The van der Waals surface area contributed by atoms with Crippen LogP contribution in [0.4, 0.5) is 0 Å². The van der Waals surface area contributed by atoms with Crippen molar-refractivity contribution in [2.75, 3.05) is 26.2 Å². The second kappa shape index (κ2) is 11.9. The maximum atomic E-state index is 10.3. The van der Waals surface area contributed by atoms with Crippen LogP contribution in [0.15, 0.2) is 0 Å². The minimum Gasteiger partial charge on any atom is -0.481 e. The van der Waals surface area contributed by atoms with E-state index in [0.29, 0.717) is 0 Å². The highest BCUT2D eigenvalue weighted by atomic mass is 16.4. The van der Waals surface area contributed by atoms with Crippen LogP contribution in [0.5, 0.6) is 0 Å². The summed E-state index contributed by atoms with van der Waals surface area (Å²) in [5, 5.41) is 35.9. The summed E-state index contributed by atoms with van der Waals surface area (Å²) in [6.07, 6.45) is -0.277. The van der Waals surface area contributed by atoms with E-state index in [1.807, 2.05) is 0 Å². The van der Waals surface area contributed by atoms with Crippen molar-refractivity contribution in [3.63, 3.8) is 0 Å². The maximum Gasteiger partial charge on any atom is 0.319 e. The Morgan fingerprint density at radius 3 is 1.50 bits per heavy atom. The molecular formula is C10H16N2O8. The topological polar surface area (TPSA) is 167 Å². The third kappa shape index (κ3) is 18.2. The molecule has 0 aliphatic heterocycles. The van der Waals surface area contributed by atoms with Crippen molar-refractivity contribution in [2.45, 2.75) is 6.42 Å². The molecule has 0 aromatic carbocycles. The molecule has 0 unspecified atom stereocenters. The molecule has 0 spiro atoms. The molecule has 0 saturated carbocycles. The van der Waals surface area contributed by atoms with Gasteiger partial charge in [-0.1, -0.05) is 0 Å². The molecule has 2 radical (unpaired) electrons. The van der Waals surface area contributed by atoms with Gasteiger partial charge in [-0.2, -0.15) is 0 Å². The molecule has 0 aliphatic rings. The van der Waals surface area contributed by atoms with Gasteiger partial charge >= 0.3 is 23.9 Å². The Kier molecular flexibility index (Phi) is 11.9. The van der Waals surface area contributed by atoms with E-state index in [-0.39, 0.29) is 19.5 Å². The minimum atomic E-state index is -1.18. The Hall–Kier alpha value is -2.20. The van der Waals surface area contributed by atoms with Crippen LogP contribution >= 0.6 is 0 Å². The van der Waals surface area contributed by atoms with Crippen molar-refractivity contribution in [1.29, 1.82) is 0 Å². The fraction of sp³-hybridized carbons (Fsp3) is 0.500. The summed E-state index contributed by atoms with van der Waals surface area (Å²) >= 11 is 0. The van der Waals surface area contributed by atoms with Crippen LogP contribution in [0.1, 0.15) is 6.42 Å². The molecule has 0 saturated heterocycles. The van der Waals surface area contributed by atoms with Crippen molar-refractivity contribution in [3.05, 3.63) is 7.05 Å². The van der Waals surface area contributed by atoms with E-state index < -0.39 is 37.0 Å². The standard InChI is InChI=1S/C7H11NO6.C3H5NO2/c9-5(10)1-2-8(3-6(11)12)4-7(13)14;1-4-2-3(5)6/h1-4H2,(H,9,10)(H,11,12)(H,13,14);1-2H2,(H,5,6). The predicted molar refractivity (Wildman–Crippen MR) is 64.0 cm³/mol. The molecular weight excluding hydrogens is 276 g/mol. The highest BCUT2D eigenvalue weighted by Crippen LogP contribution is 1.92. The molecule has 0 aromatic rings. The lowest BCUT2D eigenvalue weighted by Gasteiger charge is -2.16. The second-order valence-corrected chi connectivity index (χ2v) is 3.42. The first-order valence-electron chi connectivity index (χ1n) is 5.21. The van der Waals surface area contributed by atoms with E-state index in [4.69, 9.17) is 20.4 Å². The predicted octanol–water partition coefficient (Wildman–Crippen LogP) is -1.60. The summed E-state index contributed by atoms with van der Waals surface area (Å²) < 4.78 is 0. The van der Waals surface area contributed by atoms with E-state index in [1.165, 1.54) is 0 Å². The van der Waals surface area contributed by atoms with Crippen molar-refractivity contribution in [2.24, 2.45) is 0 Å². The lowest BCUT2D eigenvalue weighted by atomic mass is 10.3. The van der Waals surface area contributed by atoms with E-state index in [2.05, 4.69) is 12.4 Å². The molecule has 0 bridgehead atoms. The molecule has 4 N–H and O–H groups in total. The fourth-order valence-electron chi connectivity index (χ4n) is 0.946. The van der Waals surface area contributed by atoms with Gasteiger partial charge in [-0.15, -0.1) is 0 Å². The van der Waals surface area contributed by atoms with Crippen LogP contribution in [0.2, 0.25) is 0 Å². The first-order valence-corrected chi connectivity index (χ1v) is 5.21. The van der Waals surface area contributed by atoms with Crippen LogP contribution in [0, 0.1) is 7.05 Å². The van der Waals surface area contributed by atoms with Gasteiger partial charge in [0.05, 0.1) is 19.5 Å². The normalized spacial score (nSPS) is 9.50. The van der Waals surface area contributed by atoms with Gasteiger partial charge in [-0.25, -0.2) is 5.32 Å². The third-order valence-electron chi connectivity index (χ3n) is 1.61. The molecule has 0 fully saturated rings. The molecule has 20 heavy (non-hydrogen) atoms. The Labute approximate surface area is 114 Å². The Balaban J connectivity index is 0. The average Bonchev–Trinajstić information content (AvgIpc) is 2.24. The monoisotopic (exact) mass is 292 g/mol. The lowest BCUT2D eigenvalue weighted by molar-refractivity contribution is -0.144.